The summed E-state index contributed by atoms with van der Waals surface area (Å²) >= 11 is 0. The number of hydrogen-bond acceptors (Lipinski definition) is 3. The van der Waals surface area contributed by atoms with E-state index in [0.717, 1.165) is 5.69 Å². The molecule has 0 aromatic heterocycles. The molecule has 0 aliphatic rings. The standard InChI is InChI=1S/C11H18N2O/c1-13(9-11(14)7-8-12)10-5-3-2-4-6-10/h2-6,11,14H,7-9,12H2,1H3. The minimum Gasteiger partial charge on any atom is -0.391 e. The van der Waals surface area contributed by atoms with E-state index >= 15 is 0 Å². The predicted molar refractivity (Wildman–Crippen MR) is 59.4 cm³/mol. The molecule has 1 rings (SSSR count). The van der Waals surface area contributed by atoms with Crippen LogP contribution in [0.1, 0.15) is 6.42 Å². The van der Waals surface area contributed by atoms with E-state index in [1.54, 1.807) is 0 Å². The summed E-state index contributed by atoms with van der Waals surface area (Å²) in [5.41, 5.74) is 6.48. The zero-order valence-electron chi connectivity index (χ0n) is 8.56. The molecule has 3 N–H and O–H groups in total. The van der Waals surface area contributed by atoms with E-state index in [0.29, 0.717) is 19.5 Å². The highest BCUT2D eigenvalue weighted by atomic mass is 16.3. The van der Waals surface area contributed by atoms with Crippen LogP contribution in [0, 0.1) is 0 Å². The van der Waals surface area contributed by atoms with E-state index in [-0.39, 0.29) is 6.10 Å². The van der Waals surface area contributed by atoms with Crippen LogP contribution in [0.25, 0.3) is 0 Å². The quantitative estimate of drug-likeness (QED) is 0.730. The molecule has 78 valence electrons. The van der Waals surface area contributed by atoms with Crippen molar-refractivity contribution in [2.24, 2.45) is 5.73 Å². The van der Waals surface area contributed by atoms with E-state index in [4.69, 9.17) is 5.73 Å². The summed E-state index contributed by atoms with van der Waals surface area (Å²) in [6, 6.07) is 10.0. The zero-order chi connectivity index (χ0) is 10.4. The third kappa shape index (κ3) is 3.36. The monoisotopic (exact) mass is 194 g/mol. The lowest BCUT2D eigenvalue weighted by Gasteiger charge is -2.22. The van der Waals surface area contributed by atoms with Crippen molar-refractivity contribution in [1.29, 1.82) is 0 Å². The molecular weight excluding hydrogens is 176 g/mol. The first kappa shape index (κ1) is 11.0. The molecule has 0 amide bonds. The van der Waals surface area contributed by atoms with Crippen LogP contribution in [0.4, 0.5) is 5.69 Å². The van der Waals surface area contributed by atoms with Gasteiger partial charge in [-0.15, -0.1) is 0 Å². The summed E-state index contributed by atoms with van der Waals surface area (Å²) in [6.45, 7) is 1.16. The average Bonchev–Trinajstić information content (AvgIpc) is 2.19. The van der Waals surface area contributed by atoms with Crippen LogP contribution in [0.15, 0.2) is 30.3 Å². The second-order valence-electron chi connectivity index (χ2n) is 3.45. The second kappa shape index (κ2) is 5.62. The number of nitrogens with two attached hydrogens (primary N) is 1. The Hall–Kier alpha value is -1.06. The lowest BCUT2D eigenvalue weighted by Crippen LogP contribution is -2.30. The van der Waals surface area contributed by atoms with Crippen molar-refractivity contribution in [3.05, 3.63) is 30.3 Å². The molecule has 0 saturated carbocycles. The number of rotatable bonds is 5. The van der Waals surface area contributed by atoms with Gasteiger partial charge >= 0.3 is 0 Å². The normalized spacial score (nSPS) is 12.5. The largest absolute Gasteiger partial charge is 0.391 e. The fourth-order valence-corrected chi connectivity index (χ4v) is 1.39. The third-order valence-corrected chi connectivity index (χ3v) is 2.18. The van der Waals surface area contributed by atoms with Crippen molar-refractivity contribution in [2.75, 3.05) is 25.0 Å². The molecule has 3 heteroatoms. The van der Waals surface area contributed by atoms with Gasteiger partial charge in [0.05, 0.1) is 6.10 Å². The molecule has 0 radical (unpaired) electrons. The molecule has 0 bridgehead atoms. The highest BCUT2D eigenvalue weighted by Gasteiger charge is 2.07. The lowest BCUT2D eigenvalue weighted by molar-refractivity contribution is 0.174. The minimum absolute atomic E-state index is 0.342. The molecule has 14 heavy (non-hydrogen) atoms. The maximum atomic E-state index is 9.56. The van der Waals surface area contributed by atoms with E-state index in [1.165, 1.54) is 0 Å². The number of aliphatic hydroxyl groups excluding tert-OH is 1. The number of benzene rings is 1. The minimum atomic E-state index is -0.342. The Morgan fingerprint density at radius 2 is 2.00 bits per heavy atom. The Bertz CT molecular complexity index is 251. The maximum absolute atomic E-state index is 9.56. The third-order valence-electron chi connectivity index (χ3n) is 2.18. The summed E-state index contributed by atoms with van der Waals surface area (Å²) in [6.07, 6.45) is 0.308. The summed E-state index contributed by atoms with van der Waals surface area (Å²) in [4.78, 5) is 2.03. The molecule has 1 aromatic rings. The summed E-state index contributed by atoms with van der Waals surface area (Å²) < 4.78 is 0. The van der Waals surface area contributed by atoms with Crippen molar-refractivity contribution in [2.45, 2.75) is 12.5 Å². The lowest BCUT2D eigenvalue weighted by atomic mass is 10.2. The van der Waals surface area contributed by atoms with Crippen molar-refractivity contribution in [3.8, 4) is 0 Å². The SMILES string of the molecule is CN(CC(O)CCN)c1ccccc1. The van der Waals surface area contributed by atoms with E-state index in [2.05, 4.69) is 0 Å². The maximum Gasteiger partial charge on any atom is 0.0726 e. The van der Waals surface area contributed by atoms with Crippen LogP contribution in [0.5, 0.6) is 0 Å². The van der Waals surface area contributed by atoms with Crippen molar-refractivity contribution < 1.29 is 5.11 Å². The van der Waals surface area contributed by atoms with Gasteiger partial charge in [0.2, 0.25) is 0 Å². The fraction of sp³-hybridized carbons (Fsp3) is 0.455. The van der Waals surface area contributed by atoms with Gasteiger partial charge in [-0.3, -0.25) is 0 Å². The Labute approximate surface area is 85.2 Å². The van der Waals surface area contributed by atoms with Crippen LogP contribution in [-0.2, 0) is 0 Å². The van der Waals surface area contributed by atoms with Gasteiger partial charge in [-0.05, 0) is 25.1 Å². The zero-order valence-corrected chi connectivity index (χ0v) is 8.56. The van der Waals surface area contributed by atoms with Gasteiger partial charge in [0, 0.05) is 19.3 Å². The number of hydrogen-bond donors (Lipinski definition) is 2. The van der Waals surface area contributed by atoms with E-state index in [9.17, 15) is 5.11 Å². The van der Waals surface area contributed by atoms with Gasteiger partial charge in [0.1, 0.15) is 0 Å². The van der Waals surface area contributed by atoms with Gasteiger partial charge < -0.3 is 15.7 Å². The van der Waals surface area contributed by atoms with Gasteiger partial charge in [-0.25, -0.2) is 0 Å². The molecule has 1 atom stereocenters. The van der Waals surface area contributed by atoms with Crippen LogP contribution >= 0.6 is 0 Å². The first-order valence-corrected chi connectivity index (χ1v) is 4.88. The Balaban J connectivity index is 2.46. The van der Waals surface area contributed by atoms with Crippen molar-refractivity contribution >= 4 is 5.69 Å². The first-order valence-electron chi connectivity index (χ1n) is 4.88. The molecule has 0 aliphatic carbocycles. The van der Waals surface area contributed by atoms with Crippen LogP contribution < -0.4 is 10.6 Å². The first-order chi connectivity index (χ1) is 6.74. The van der Waals surface area contributed by atoms with E-state index < -0.39 is 0 Å². The number of anilines is 1. The van der Waals surface area contributed by atoms with Gasteiger partial charge in [-0.2, -0.15) is 0 Å². The van der Waals surface area contributed by atoms with Gasteiger partial charge in [-0.1, -0.05) is 18.2 Å². The van der Waals surface area contributed by atoms with Gasteiger partial charge in [0.15, 0.2) is 0 Å². The smallest absolute Gasteiger partial charge is 0.0726 e. The highest BCUT2D eigenvalue weighted by Crippen LogP contribution is 2.11. The molecule has 0 fully saturated rings. The Morgan fingerprint density at radius 1 is 1.36 bits per heavy atom. The Morgan fingerprint density at radius 3 is 2.57 bits per heavy atom. The fourth-order valence-electron chi connectivity index (χ4n) is 1.39. The molecule has 0 aliphatic heterocycles. The molecule has 1 aromatic carbocycles. The summed E-state index contributed by atoms with van der Waals surface area (Å²) in [7, 11) is 1.97. The summed E-state index contributed by atoms with van der Waals surface area (Å²) in [5, 5.41) is 9.56. The number of aliphatic hydroxyl groups is 1. The predicted octanol–water partition coefficient (Wildman–Crippen LogP) is 0.832. The second-order valence-corrected chi connectivity index (χ2v) is 3.45. The molecule has 0 spiro atoms. The molecule has 1 unspecified atom stereocenters. The van der Waals surface area contributed by atoms with Crippen LogP contribution in [0.2, 0.25) is 0 Å². The van der Waals surface area contributed by atoms with Crippen LogP contribution in [-0.4, -0.2) is 31.3 Å². The van der Waals surface area contributed by atoms with Crippen LogP contribution in [0.3, 0.4) is 0 Å². The molecule has 0 saturated heterocycles. The number of para-hydroxylation sites is 1. The van der Waals surface area contributed by atoms with E-state index in [1.807, 2.05) is 42.3 Å². The van der Waals surface area contributed by atoms with Crippen molar-refractivity contribution in [3.63, 3.8) is 0 Å². The highest BCUT2D eigenvalue weighted by molar-refractivity contribution is 5.45. The molecule has 3 nitrogen and oxygen atoms in total. The summed E-state index contributed by atoms with van der Waals surface area (Å²) in [5.74, 6) is 0. The number of likely N-dealkylation sites (N-methyl/N-ethyl adjacent to an activating group) is 1. The van der Waals surface area contributed by atoms with Gasteiger partial charge in [0.25, 0.3) is 0 Å². The number of nitrogens with zero attached hydrogens (tertiary/aromatic N) is 1. The average molecular weight is 194 g/mol. The van der Waals surface area contributed by atoms with Crippen molar-refractivity contribution in [1.82, 2.24) is 0 Å². The molecule has 0 heterocycles. The molecular formula is C11H18N2O. The topological polar surface area (TPSA) is 49.5 Å². The Kier molecular flexibility index (Phi) is 4.43.